The van der Waals surface area contributed by atoms with E-state index >= 15 is 0 Å². The van der Waals surface area contributed by atoms with Crippen molar-refractivity contribution >= 4 is 0 Å². The molecule has 0 radical (unpaired) electrons. The normalized spacial score (nSPS) is 15.9. The Morgan fingerprint density at radius 2 is 1.93 bits per heavy atom. The molecule has 0 fully saturated rings. The van der Waals surface area contributed by atoms with Crippen molar-refractivity contribution in [2.75, 3.05) is 20.3 Å². The zero-order valence-electron chi connectivity index (χ0n) is 9.40. The quantitative estimate of drug-likeness (QED) is 0.573. The van der Waals surface area contributed by atoms with E-state index in [0.717, 1.165) is 6.42 Å². The van der Waals surface area contributed by atoms with Crippen molar-refractivity contribution in [1.82, 2.24) is 0 Å². The molecular weight excluding hydrogens is 182 g/mol. The second-order valence-electron chi connectivity index (χ2n) is 3.80. The van der Waals surface area contributed by atoms with Gasteiger partial charge in [0.1, 0.15) is 6.10 Å². The van der Waals surface area contributed by atoms with Crippen LogP contribution in [0.5, 0.6) is 0 Å². The Balaban J connectivity index is 3.63. The molecule has 0 aliphatic heterocycles. The Bertz CT molecular complexity index is 131. The second-order valence-corrected chi connectivity index (χ2v) is 3.80. The molecule has 0 rings (SSSR count). The molecule has 0 spiro atoms. The molecule has 0 aromatic rings. The first kappa shape index (κ1) is 13.8. The van der Waals surface area contributed by atoms with Gasteiger partial charge >= 0.3 is 0 Å². The van der Waals surface area contributed by atoms with Gasteiger partial charge in [0.2, 0.25) is 0 Å². The SMILES string of the molecule is COC(CCN)C(O)OCCC(C)C. The lowest BCUT2D eigenvalue weighted by Gasteiger charge is -2.21. The van der Waals surface area contributed by atoms with Crippen LogP contribution in [0.1, 0.15) is 26.7 Å². The topological polar surface area (TPSA) is 64.7 Å². The van der Waals surface area contributed by atoms with E-state index in [1.54, 1.807) is 7.11 Å². The maximum atomic E-state index is 9.55. The van der Waals surface area contributed by atoms with Crippen LogP contribution in [0.3, 0.4) is 0 Å². The fourth-order valence-corrected chi connectivity index (χ4v) is 1.07. The van der Waals surface area contributed by atoms with Gasteiger partial charge in [-0.05, 0) is 25.3 Å². The molecule has 4 nitrogen and oxygen atoms in total. The smallest absolute Gasteiger partial charge is 0.181 e. The fourth-order valence-electron chi connectivity index (χ4n) is 1.07. The predicted molar refractivity (Wildman–Crippen MR) is 55.9 cm³/mol. The Hall–Kier alpha value is -0.160. The lowest BCUT2D eigenvalue weighted by Crippen LogP contribution is -2.33. The molecule has 2 atom stereocenters. The molecule has 0 saturated carbocycles. The summed E-state index contributed by atoms with van der Waals surface area (Å²) in [6.45, 7) is 5.28. The number of aliphatic hydroxyl groups excluding tert-OH is 1. The highest BCUT2D eigenvalue weighted by molar-refractivity contribution is 4.61. The van der Waals surface area contributed by atoms with Gasteiger partial charge in [0, 0.05) is 7.11 Å². The average Bonchev–Trinajstić information content (AvgIpc) is 2.13. The molecule has 0 saturated heterocycles. The summed E-state index contributed by atoms with van der Waals surface area (Å²) in [6, 6.07) is 0. The number of methoxy groups -OCH3 is 1. The van der Waals surface area contributed by atoms with E-state index in [1.165, 1.54) is 0 Å². The van der Waals surface area contributed by atoms with Gasteiger partial charge in [-0.3, -0.25) is 0 Å². The Labute approximate surface area is 86.4 Å². The lowest BCUT2D eigenvalue weighted by molar-refractivity contribution is -0.172. The summed E-state index contributed by atoms with van der Waals surface area (Å²) in [4.78, 5) is 0. The molecule has 2 unspecified atom stereocenters. The van der Waals surface area contributed by atoms with E-state index < -0.39 is 6.29 Å². The number of hydrogen-bond donors (Lipinski definition) is 2. The van der Waals surface area contributed by atoms with Gasteiger partial charge in [-0.15, -0.1) is 0 Å². The van der Waals surface area contributed by atoms with Crippen LogP contribution in [-0.4, -0.2) is 37.8 Å². The predicted octanol–water partition coefficient (Wildman–Crippen LogP) is 0.731. The molecular formula is C10H23NO3. The largest absolute Gasteiger partial charge is 0.376 e. The monoisotopic (exact) mass is 205 g/mol. The zero-order valence-corrected chi connectivity index (χ0v) is 9.40. The van der Waals surface area contributed by atoms with Crippen molar-refractivity contribution < 1.29 is 14.6 Å². The first-order chi connectivity index (χ1) is 6.61. The minimum Gasteiger partial charge on any atom is -0.376 e. The fraction of sp³-hybridized carbons (Fsp3) is 1.00. The second kappa shape index (κ2) is 8.17. The van der Waals surface area contributed by atoms with E-state index in [-0.39, 0.29) is 6.10 Å². The van der Waals surface area contributed by atoms with E-state index in [0.29, 0.717) is 25.5 Å². The first-order valence-electron chi connectivity index (χ1n) is 5.14. The van der Waals surface area contributed by atoms with Crippen LogP contribution >= 0.6 is 0 Å². The molecule has 0 aromatic carbocycles. The van der Waals surface area contributed by atoms with Gasteiger partial charge in [-0.1, -0.05) is 13.8 Å². The number of nitrogens with two attached hydrogens (primary N) is 1. The van der Waals surface area contributed by atoms with Crippen molar-refractivity contribution in [2.24, 2.45) is 11.7 Å². The maximum Gasteiger partial charge on any atom is 0.181 e. The summed E-state index contributed by atoms with van der Waals surface area (Å²) in [5.41, 5.74) is 5.37. The molecule has 3 N–H and O–H groups in total. The summed E-state index contributed by atoms with van der Waals surface area (Å²) in [6.07, 6.45) is 0.379. The summed E-state index contributed by atoms with van der Waals surface area (Å²) in [7, 11) is 1.55. The first-order valence-corrected chi connectivity index (χ1v) is 5.14. The average molecular weight is 205 g/mol. The summed E-state index contributed by atoms with van der Waals surface area (Å²) in [5, 5.41) is 9.55. The molecule has 0 aliphatic rings. The van der Waals surface area contributed by atoms with E-state index in [4.69, 9.17) is 15.2 Å². The molecule has 0 aliphatic carbocycles. The molecule has 0 heterocycles. The van der Waals surface area contributed by atoms with Gasteiger partial charge in [-0.25, -0.2) is 0 Å². The number of aliphatic hydroxyl groups is 1. The van der Waals surface area contributed by atoms with Crippen molar-refractivity contribution in [3.8, 4) is 0 Å². The molecule has 0 aromatic heterocycles. The lowest BCUT2D eigenvalue weighted by atomic mass is 10.1. The van der Waals surface area contributed by atoms with Crippen LogP contribution in [0.4, 0.5) is 0 Å². The Morgan fingerprint density at radius 1 is 1.29 bits per heavy atom. The Kier molecular flexibility index (Phi) is 8.08. The highest BCUT2D eigenvalue weighted by atomic mass is 16.6. The number of hydrogen-bond acceptors (Lipinski definition) is 4. The standard InChI is InChI=1S/C10H23NO3/c1-8(2)5-7-14-10(12)9(13-3)4-6-11/h8-10,12H,4-7,11H2,1-3H3. The van der Waals surface area contributed by atoms with Crippen molar-refractivity contribution in [3.63, 3.8) is 0 Å². The number of ether oxygens (including phenoxy) is 2. The van der Waals surface area contributed by atoms with Crippen LogP contribution in [0.15, 0.2) is 0 Å². The van der Waals surface area contributed by atoms with Crippen LogP contribution in [0, 0.1) is 5.92 Å². The highest BCUT2D eigenvalue weighted by Crippen LogP contribution is 2.07. The van der Waals surface area contributed by atoms with Gasteiger partial charge in [0.05, 0.1) is 6.61 Å². The van der Waals surface area contributed by atoms with E-state index in [1.807, 2.05) is 0 Å². The summed E-state index contributed by atoms with van der Waals surface area (Å²) in [5.74, 6) is 0.581. The molecule has 0 bridgehead atoms. The summed E-state index contributed by atoms with van der Waals surface area (Å²) >= 11 is 0. The van der Waals surface area contributed by atoms with E-state index in [9.17, 15) is 5.11 Å². The highest BCUT2D eigenvalue weighted by Gasteiger charge is 2.18. The van der Waals surface area contributed by atoms with Crippen LogP contribution in [-0.2, 0) is 9.47 Å². The van der Waals surface area contributed by atoms with Crippen LogP contribution in [0.2, 0.25) is 0 Å². The van der Waals surface area contributed by atoms with Gasteiger partial charge in [0.25, 0.3) is 0 Å². The third-order valence-electron chi connectivity index (χ3n) is 2.06. The minimum atomic E-state index is -0.859. The zero-order chi connectivity index (χ0) is 11.0. The minimum absolute atomic E-state index is 0.313. The van der Waals surface area contributed by atoms with Crippen LogP contribution in [0.25, 0.3) is 0 Å². The maximum absolute atomic E-state index is 9.55. The van der Waals surface area contributed by atoms with E-state index in [2.05, 4.69) is 13.8 Å². The number of rotatable bonds is 8. The molecule has 4 heteroatoms. The van der Waals surface area contributed by atoms with Gasteiger partial charge in [0.15, 0.2) is 6.29 Å². The van der Waals surface area contributed by atoms with Crippen molar-refractivity contribution in [3.05, 3.63) is 0 Å². The Morgan fingerprint density at radius 3 is 2.36 bits per heavy atom. The van der Waals surface area contributed by atoms with Crippen molar-refractivity contribution in [1.29, 1.82) is 0 Å². The molecule has 14 heavy (non-hydrogen) atoms. The van der Waals surface area contributed by atoms with Gasteiger partial charge < -0.3 is 20.3 Å². The summed E-state index contributed by atoms with van der Waals surface area (Å²) < 4.78 is 10.3. The molecule has 0 amide bonds. The van der Waals surface area contributed by atoms with Crippen LogP contribution < -0.4 is 5.73 Å². The van der Waals surface area contributed by atoms with Crippen molar-refractivity contribution in [2.45, 2.75) is 39.1 Å². The third kappa shape index (κ3) is 6.32. The van der Waals surface area contributed by atoms with Gasteiger partial charge in [-0.2, -0.15) is 0 Å². The molecule has 86 valence electrons. The third-order valence-corrected chi connectivity index (χ3v) is 2.06.